The van der Waals surface area contributed by atoms with Crippen molar-refractivity contribution in [3.8, 4) is 0 Å². The number of nitrogens with zero attached hydrogens (tertiary/aromatic N) is 3. The number of hydrogen-bond acceptors (Lipinski definition) is 4. The van der Waals surface area contributed by atoms with E-state index in [9.17, 15) is 13.6 Å². The van der Waals surface area contributed by atoms with E-state index in [-0.39, 0.29) is 18.3 Å². The number of rotatable bonds is 4. The molecule has 2 atom stereocenters. The van der Waals surface area contributed by atoms with Crippen molar-refractivity contribution in [2.45, 2.75) is 44.7 Å². The predicted octanol–water partition coefficient (Wildman–Crippen LogP) is 2.25. The molecule has 0 spiro atoms. The topological polar surface area (TPSA) is 61.5 Å². The second kappa shape index (κ2) is 7.52. The van der Waals surface area contributed by atoms with Crippen LogP contribution in [0.1, 0.15) is 25.6 Å². The molecule has 2 saturated heterocycles. The lowest BCUT2D eigenvalue weighted by atomic mass is 10.0. The molecule has 1 N–H and O–H groups in total. The van der Waals surface area contributed by atoms with Gasteiger partial charge in [-0.05, 0) is 31.0 Å². The first kappa shape index (κ1) is 18.3. The Bertz CT molecular complexity index is 819. The van der Waals surface area contributed by atoms with Crippen LogP contribution in [0.15, 0.2) is 18.2 Å². The molecule has 8 heteroatoms. The standard InChI is InChI=1S/C19H24F2N4O2/c1-12(26)24-6-4-14(5-7-24)25-9-15(21)18(10-25)27-11-19-22-16-3-2-13(20)8-17(16)23-19/h2-3,8,14-15,18H,4-7,9-11H2,1H3,(H,22,23). The maximum atomic E-state index is 14.4. The van der Waals surface area contributed by atoms with Crippen LogP contribution in [0.25, 0.3) is 11.0 Å². The Hall–Kier alpha value is -2.06. The van der Waals surface area contributed by atoms with E-state index in [2.05, 4.69) is 14.9 Å². The normalized spacial score (nSPS) is 24.8. The van der Waals surface area contributed by atoms with E-state index in [1.807, 2.05) is 4.90 Å². The van der Waals surface area contributed by atoms with Crippen LogP contribution in [0.3, 0.4) is 0 Å². The Balaban J connectivity index is 1.31. The quantitative estimate of drug-likeness (QED) is 0.887. The van der Waals surface area contributed by atoms with Gasteiger partial charge in [-0.1, -0.05) is 0 Å². The Morgan fingerprint density at radius 1 is 1.33 bits per heavy atom. The number of imidazole rings is 1. The minimum absolute atomic E-state index is 0.102. The summed E-state index contributed by atoms with van der Waals surface area (Å²) < 4.78 is 33.5. The largest absolute Gasteiger partial charge is 0.366 e. The van der Waals surface area contributed by atoms with E-state index in [1.165, 1.54) is 12.1 Å². The molecule has 3 heterocycles. The second-order valence-corrected chi connectivity index (χ2v) is 7.40. The summed E-state index contributed by atoms with van der Waals surface area (Å²) in [6.07, 6.45) is 0.195. The van der Waals surface area contributed by atoms with Gasteiger partial charge in [-0.15, -0.1) is 0 Å². The monoisotopic (exact) mass is 378 g/mol. The van der Waals surface area contributed by atoms with Crippen LogP contribution in [-0.2, 0) is 16.1 Å². The first-order chi connectivity index (χ1) is 13.0. The van der Waals surface area contributed by atoms with Crippen molar-refractivity contribution >= 4 is 16.9 Å². The molecule has 146 valence electrons. The Morgan fingerprint density at radius 2 is 2.11 bits per heavy atom. The van der Waals surface area contributed by atoms with Crippen LogP contribution >= 0.6 is 0 Å². The molecule has 2 aliphatic heterocycles. The van der Waals surface area contributed by atoms with E-state index in [1.54, 1.807) is 13.0 Å². The average molecular weight is 378 g/mol. The highest BCUT2D eigenvalue weighted by atomic mass is 19.1. The van der Waals surface area contributed by atoms with Crippen molar-refractivity contribution in [1.82, 2.24) is 19.8 Å². The van der Waals surface area contributed by atoms with E-state index >= 15 is 0 Å². The van der Waals surface area contributed by atoms with E-state index < -0.39 is 12.3 Å². The van der Waals surface area contributed by atoms with Crippen LogP contribution in [-0.4, -0.2) is 70.2 Å². The highest BCUT2D eigenvalue weighted by Crippen LogP contribution is 2.25. The molecular formula is C19H24F2N4O2. The lowest BCUT2D eigenvalue weighted by molar-refractivity contribution is -0.130. The SMILES string of the molecule is CC(=O)N1CCC(N2CC(F)C(OCc3nc4ccc(F)cc4[nH]3)C2)CC1. The summed E-state index contributed by atoms with van der Waals surface area (Å²) in [5.41, 5.74) is 1.27. The van der Waals surface area contributed by atoms with Gasteiger partial charge in [0.1, 0.15) is 30.5 Å². The van der Waals surface area contributed by atoms with Gasteiger partial charge in [0.05, 0.1) is 11.0 Å². The van der Waals surface area contributed by atoms with Crippen LogP contribution in [0.5, 0.6) is 0 Å². The number of piperidine rings is 1. The smallest absolute Gasteiger partial charge is 0.219 e. The Morgan fingerprint density at radius 3 is 2.85 bits per heavy atom. The number of fused-ring (bicyclic) bond motifs is 1. The van der Waals surface area contributed by atoms with E-state index in [4.69, 9.17) is 4.74 Å². The summed E-state index contributed by atoms with van der Waals surface area (Å²) in [6, 6.07) is 4.64. The van der Waals surface area contributed by atoms with Crippen molar-refractivity contribution in [2.24, 2.45) is 0 Å². The third-order valence-electron chi connectivity index (χ3n) is 5.58. The molecule has 4 rings (SSSR count). The molecule has 2 aliphatic rings. The van der Waals surface area contributed by atoms with E-state index in [0.29, 0.717) is 36.0 Å². The molecule has 1 aromatic heterocycles. The number of benzene rings is 1. The molecule has 2 aromatic rings. The highest BCUT2D eigenvalue weighted by Gasteiger charge is 2.38. The predicted molar refractivity (Wildman–Crippen MR) is 96.4 cm³/mol. The number of aromatic nitrogens is 2. The summed E-state index contributed by atoms with van der Waals surface area (Å²) in [5, 5.41) is 0. The van der Waals surface area contributed by atoms with Gasteiger partial charge < -0.3 is 14.6 Å². The van der Waals surface area contributed by atoms with Gasteiger partial charge in [0.15, 0.2) is 0 Å². The summed E-state index contributed by atoms with van der Waals surface area (Å²) in [7, 11) is 0. The average Bonchev–Trinajstić information content (AvgIpc) is 3.22. The first-order valence-electron chi connectivity index (χ1n) is 9.39. The van der Waals surface area contributed by atoms with Crippen molar-refractivity contribution in [3.05, 3.63) is 29.8 Å². The van der Waals surface area contributed by atoms with Gasteiger partial charge in [0.2, 0.25) is 5.91 Å². The highest BCUT2D eigenvalue weighted by molar-refractivity contribution is 5.75. The number of amides is 1. The maximum absolute atomic E-state index is 14.4. The molecule has 1 amide bonds. The zero-order valence-corrected chi connectivity index (χ0v) is 15.3. The molecule has 2 unspecified atom stereocenters. The summed E-state index contributed by atoms with van der Waals surface area (Å²) in [4.78, 5) is 22.8. The zero-order valence-electron chi connectivity index (χ0n) is 15.3. The number of carbonyl (C=O) groups is 1. The molecule has 27 heavy (non-hydrogen) atoms. The molecule has 2 fully saturated rings. The molecule has 0 saturated carbocycles. The molecule has 0 bridgehead atoms. The number of nitrogens with one attached hydrogen (secondary N) is 1. The van der Waals surface area contributed by atoms with Crippen molar-refractivity contribution in [2.75, 3.05) is 26.2 Å². The molecular weight excluding hydrogens is 354 g/mol. The number of alkyl halides is 1. The van der Waals surface area contributed by atoms with Gasteiger partial charge in [-0.25, -0.2) is 13.8 Å². The fourth-order valence-corrected chi connectivity index (χ4v) is 4.05. The lowest BCUT2D eigenvalue weighted by Crippen LogP contribution is -2.45. The number of halogens is 2. The van der Waals surface area contributed by atoms with Gasteiger partial charge in [-0.3, -0.25) is 9.69 Å². The van der Waals surface area contributed by atoms with Crippen molar-refractivity contribution in [1.29, 1.82) is 0 Å². The molecule has 6 nitrogen and oxygen atoms in total. The zero-order chi connectivity index (χ0) is 19.0. The summed E-state index contributed by atoms with van der Waals surface area (Å²) >= 11 is 0. The fourth-order valence-electron chi connectivity index (χ4n) is 4.05. The number of likely N-dealkylation sites (tertiary alicyclic amines) is 2. The van der Waals surface area contributed by atoms with Crippen LogP contribution in [0.2, 0.25) is 0 Å². The van der Waals surface area contributed by atoms with Crippen LogP contribution in [0, 0.1) is 5.82 Å². The lowest BCUT2D eigenvalue weighted by Gasteiger charge is -2.36. The Labute approximate surface area is 156 Å². The molecule has 0 aliphatic carbocycles. The summed E-state index contributed by atoms with van der Waals surface area (Å²) in [6.45, 7) is 4.12. The minimum Gasteiger partial charge on any atom is -0.366 e. The van der Waals surface area contributed by atoms with Crippen molar-refractivity contribution in [3.63, 3.8) is 0 Å². The summed E-state index contributed by atoms with van der Waals surface area (Å²) in [5.74, 6) is 0.339. The number of aromatic amines is 1. The number of carbonyl (C=O) groups excluding carboxylic acids is 1. The van der Waals surface area contributed by atoms with Gasteiger partial charge >= 0.3 is 0 Å². The van der Waals surface area contributed by atoms with Crippen molar-refractivity contribution < 1.29 is 18.3 Å². The number of H-pyrrole nitrogens is 1. The van der Waals surface area contributed by atoms with Gasteiger partial charge in [-0.2, -0.15) is 0 Å². The number of hydrogen-bond donors (Lipinski definition) is 1. The van der Waals surface area contributed by atoms with Gasteiger partial charge in [0, 0.05) is 39.1 Å². The molecule has 1 aromatic carbocycles. The number of ether oxygens (including phenoxy) is 1. The third kappa shape index (κ3) is 3.96. The maximum Gasteiger partial charge on any atom is 0.219 e. The van der Waals surface area contributed by atoms with Crippen LogP contribution < -0.4 is 0 Å². The van der Waals surface area contributed by atoms with Gasteiger partial charge in [0.25, 0.3) is 0 Å². The second-order valence-electron chi connectivity index (χ2n) is 7.40. The van der Waals surface area contributed by atoms with E-state index in [0.717, 1.165) is 25.9 Å². The fraction of sp³-hybridized carbons (Fsp3) is 0.579. The van der Waals surface area contributed by atoms with Crippen LogP contribution in [0.4, 0.5) is 8.78 Å². The first-order valence-corrected chi connectivity index (χ1v) is 9.39. The minimum atomic E-state index is -1.04. The Kier molecular flexibility index (Phi) is 5.10. The third-order valence-corrected chi connectivity index (χ3v) is 5.58. The molecule has 0 radical (unpaired) electrons.